The van der Waals surface area contributed by atoms with Crippen LogP contribution in [-0.4, -0.2) is 10.4 Å². The maximum atomic E-state index is 12.7. The Hall–Kier alpha value is -1.39. The van der Waals surface area contributed by atoms with Crippen LogP contribution in [0.1, 0.15) is 26.4 Å². The second kappa shape index (κ2) is 4.86. The molecule has 0 unspecified atom stereocenters. The van der Waals surface area contributed by atoms with Gasteiger partial charge in [-0.15, -0.1) is 11.3 Å². The van der Waals surface area contributed by atoms with E-state index < -0.39 is 0 Å². The first-order valence-corrected chi connectivity index (χ1v) is 7.94. The first-order chi connectivity index (χ1) is 9.47. The summed E-state index contributed by atoms with van der Waals surface area (Å²) in [6, 6.07) is 8.15. The summed E-state index contributed by atoms with van der Waals surface area (Å²) in [5, 5.41) is 1.02. The molecular formula is C16H14BrNOS. The lowest BCUT2D eigenvalue weighted by Crippen LogP contribution is -1.97. The van der Waals surface area contributed by atoms with E-state index >= 15 is 0 Å². The molecule has 0 saturated carbocycles. The van der Waals surface area contributed by atoms with E-state index in [9.17, 15) is 4.79 Å². The molecule has 0 N–H and O–H groups in total. The van der Waals surface area contributed by atoms with Crippen LogP contribution in [0.25, 0.3) is 10.9 Å². The molecule has 0 saturated heterocycles. The minimum Gasteiger partial charge on any atom is -0.350 e. The Kier molecular flexibility index (Phi) is 3.30. The van der Waals surface area contributed by atoms with Gasteiger partial charge in [0.2, 0.25) is 5.78 Å². The van der Waals surface area contributed by atoms with Crippen molar-refractivity contribution in [2.45, 2.75) is 13.8 Å². The SMILES string of the molecule is Cc1ccc2c(C(=O)c3cc(C)c(Br)s3)cn(C)c2c1. The molecule has 1 aromatic carbocycles. The standard InChI is InChI=1S/C16H14BrNOS/c1-9-4-5-11-12(8-18(3)13(11)6-9)15(19)14-7-10(2)16(17)20-14/h4-8H,1-3H3. The Morgan fingerprint density at radius 2 is 2.00 bits per heavy atom. The quantitative estimate of drug-likeness (QED) is 0.607. The summed E-state index contributed by atoms with van der Waals surface area (Å²) in [5.74, 6) is 0.0956. The molecule has 102 valence electrons. The molecule has 0 fully saturated rings. The Morgan fingerprint density at radius 3 is 2.65 bits per heavy atom. The Labute approximate surface area is 130 Å². The van der Waals surface area contributed by atoms with Crippen molar-refractivity contribution in [3.05, 3.63) is 55.8 Å². The van der Waals surface area contributed by atoms with Gasteiger partial charge in [-0.05, 0) is 53.0 Å². The molecule has 2 aromatic heterocycles. The Balaban J connectivity index is 2.17. The van der Waals surface area contributed by atoms with Crippen molar-refractivity contribution in [2.24, 2.45) is 7.05 Å². The molecule has 0 atom stereocenters. The third kappa shape index (κ3) is 2.13. The summed E-state index contributed by atoms with van der Waals surface area (Å²) in [6.45, 7) is 4.07. The summed E-state index contributed by atoms with van der Waals surface area (Å²) in [6.07, 6.45) is 1.93. The zero-order chi connectivity index (χ0) is 14.4. The molecule has 0 aliphatic heterocycles. The van der Waals surface area contributed by atoms with E-state index in [1.807, 2.05) is 36.9 Å². The number of nitrogens with zero attached hydrogens (tertiary/aromatic N) is 1. The highest BCUT2D eigenvalue weighted by Gasteiger charge is 2.18. The van der Waals surface area contributed by atoms with E-state index in [0.29, 0.717) is 0 Å². The highest BCUT2D eigenvalue weighted by Crippen LogP contribution is 2.31. The molecule has 20 heavy (non-hydrogen) atoms. The number of hydrogen-bond donors (Lipinski definition) is 0. The van der Waals surface area contributed by atoms with Crippen LogP contribution < -0.4 is 0 Å². The average molecular weight is 348 g/mol. The summed E-state index contributed by atoms with van der Waals surface area (Å²) < 4.78 is 3.04. The van der Waals surface area contributed by atoms with Gasteiger partial charge < -0.3 is 4.57 Å². The number of carbonyl (C=O) groups is 1. The van der Waals surface area contributed by atoms with Crippen LogP contribution in [0, 0.1) is 13.8 Å². The van der Waals surface area contributed by atoms with Gasteiger partial charge in [-0.25, -0.2) is 0 Å². The van der Waals surface area contributed by atoms with E-state index in [1.54, 1.807) is 0 Å². The third-order valence-electron chi connectivity index (χ3n) is 3.47. The van der Waals surface area contributed by atoms with Crippen molar-refractivity contribution in [3.8, 4) is 0 Å². The lowest BCUT2D eigenvalue weighted by molar-refractivity contribution is 0.104. The predicted octanol–water partition coefficient (Wildman–Crippen LogP) is 4.85. The van der Waals surface area contributed by atoms with Gasteiger partial charge in [0.15, 0.2) is 0 Å². The summed E-state index contributed by atoms with van der Waals surface area (Å²) in [5.41, 5.74) is 4.18. The van der Waals surface area contributed by atoms with Crippen LogP contribution >= 0.6 is 27.3 Å². The first kappa shape index (κ1) is 13.6. The molecule has 2 nitrogen and oxygen atoms in total. The molecule has 0 aliphatic rings. The highest BCUT2D eigenvalue weighted by molar-refractivity contribution is 9.11. The van der Waals surface area contributed by atoms with Gasteiger partial charge in [0.1, 0.15) is 0 Å². The van der Waals surface area contributed by atoms with Gasteiger partial charge in [-0.1, -0.05) is 12.1 Å². The second-order valence-corrected chi connectivity index (χ2v) is 7.44. The maximum absolute atomic E-state index is 12.7. The van der Waals surface area contributed by atoms with E-state index in [2.05, 4.69) is 35.0 Å². The number of aryl methyl sites for hydroxylation is 3. The maximum Gasteiger partial charge on any atom is 0.205 e. The van der Waals surface area contributed by atoms with Crippen molar-refractivity contribution in [3.63, 3.8) is 0 Å². The molecule has 2 heterocycles. The molecular weight excluding hydrogens is 334 g/mol. The number of carbonyl (C=O) groups excluding carboxylic acids is 1. The van der Waals surface area contributed by atoms with Crippen LogP contribution in [0.2, 0.25) is 0 Å². The number of thiophene rings is 1. The van der Waals surface area contributed by atoms with Gasteiger partial charge in [-0.2, -0.15) is 0 Å². The van der Waals surface area contributed by atoms with E-state index in [-0.39, 0.29) is 5.78 Å². The smallest absolute Gasteiger partial charge is 0.205 e. The molecule has 0 spiro atoms. The molecule has 3 rings (SSSR count). The molecule has 0 bridgehead atoms. The first-order valence-electron chi connectivity index (χ1n) is 6.33. The lowest BCUT2D eigenvalue weighted by atomic mass is 10.1. The fraction of sp³-hybridized carbons (Fsp3) is 0.188. The summed E-state index contributed by atoms with van der Waals surface area (Å²) in [7, 11) is 1.98. The van der Waals surface area contributed by atoms with Gasteiger partial charge in [0, 0.05) is 29.7 Å². The fourth-order valence-corrected chi connectivity index (χ4v) is 3.87. The molecule has 0 aliphatic carbocycles. The Morgan fingerprint density at radius 1 is 1.25 bits per heavy atom. The number of rotatable bonds is 2. The number of fused-ring (bicyclic) bond motifs is 1. The molecule has 0 amide bonds. The van der Waals surface area contributed by atoms with Crippen molar-refractivity contribution in [2.75, 3.05) is 0 Å². The number of aromatic nitrogens is 1. The topological polar surface area (TPSA) is 22.0 Å². The average Bonchev–Trinajstić information content (AvgIpc) is 2.91. The molecule has 0 radical (unpaired) electrons. The van der Waals surface area contributed by atoms with Gasteiger partial charge in [0.05, 0.1) is 8.66 Å². The number of ketones is 1. The molecule has 4 heteroatoms. The van der Waals surface area contributed by atoms with E-state index in [4.69, 9.17) is 0 Å². The minimum absolute atomic E-state index is 0.0956. The normalized spacial score (nSPS) is 11.2. The zero-order valence-electron chi connectivity index (χ0n) is 11.5. The van der Waals surface area contributed by atoms with Crippen LogP contribution in [0.5, 0.6) is 0 Å². The van der Waals surface area contributed by atoms with Gasteiger partial charge >= 0.3 is 0 Å². The van der Waals surface area contributed by atoms with Crippen molar-refractivity contribution >= 4 is 44.0 Å². The van der Waals surface area contributed by atoms with Crippen molar-refractivity contribution in [1.82, 2.24) is 4.57 Å². The number of halogens is 1. The second-order valence-electron chi connectivity index (χ2n) is 5.07. The van der Waals surface area contributed by atoms with Crippen LogP contribution in [0.3, 0.4) is 0 Å². The van der Waals surface area contributed by atoms with Crippen molar-refractivity contribution < 1.29 is 4.79 Å². The van der Waals surface area contributed by atoms with Crippen LogP contribution in [0.15, 0.2) is 34.2 Å². The van der Waals surface area contributed by atoms with E-state index in [1.165, 1.54) is 16.9 Å². The number of hydrogen-bond acceptors (Lipinski definition) is 2. The van der Waals surface area contributed by atoms with Crippen LogP contribution in [-0.2, 0) is 7.05 Å². The molecule has 3 aromatic rings. The highest BCUT2D eigenvalue weighted by atomic mass is 79.9. The lowest BCUT2D eigenvalue weighted by Gasteiger charge is -1.98. The fourth-order valence-electron chi connectivity index (χ4n) is 2.38. The Bertz CT molecular complexity index is 809. The predicted molar refractivity (Wildman–Crippen MR) is 87.8 cm³/mol. The van der Waals surface area contributed by atoms with Crippen LogP contribution in [0.4, 0.5) is 0 Å². The van der Waals surface area contributed by atoms with Gasteiger partial charge in [0.25, 0.3) is 0 Å². The van der Waals surface area contributed by atoms with Gasteiger partial charge in [-0.3, -0.25) is 4.79 Å². The van der Waals surface area contributed by atoms with Crippen molar-refractivity contribution in [1.29, 1.82) is 0 Å². The zero-order valence-corrected chi connectivity index (χ0v) is 13.9. The summed E-state index contributed by atoms with van der Waals surface area (Å²) in [4.78, 5) is 13.5. The third-order valence-corrected chi connectivity index (χ3v) is 5.61. The number of benzene rings is 1. The summed E-state index contributed by atoms with van der Waals surface area (Å²) >= 11 is 4.98. The largest absolute Gasteiger partial charge is 0.350 e. The van der Waals surface area contributed by atoms with E-state index in [0.717, 1.165) is 30.7 Å². The minimum atomic E-state index is 0.0956. The monoisotopic (exact) mass is 347 g/mol.